The SMILES string of the molecule is CCc1oc2c(C)ncc(C(=O)Nc3ccccc3)c2c1C(=O)NC(Cc1ccccc1)C(=O)OC. The number of aromatic nitrogens is 1. The highest BCUT2D eigenvalue weighted by atomic mass is 16.5. The predicted octanol–water partition coefficient (Wildman–Crippen LogP) is 4.47. The Morgan fingerprint density at radius 3 is 2.31 bits per heavy atom. The van der Waals surface area contributed by atoms with Crippen molar-refractivity contribution in [3.8, 4) is 0 Å². The number of carbonyl (C=O) groups is 3. The maximum Gasteiger partial charge on any atom is 0.328 e. The quantitative estimate of drug-likeness (QED) is 0.357. The molecule has 2 aromatic carbocycles. The summed E-state index contributed by atoms with van der Waals surface area (Å²) in [5.74, 6) is -1.13. The number of ether oxygens (including phenoxy) is 1. The molecule has 184 valence electrons. The average Bonchev–Trinajstić information content (AvgIpc) is 3.30. The van der Waals surface area contributed by atoms with E-state index < -0.39 is 23.8 Å². The summed E-state index contributed by atoms with van der Waals surface area (Å²) in [5, 5.41) is 5.99. The van der Waals surface area contributed by atoms with Gasteiger partial charge in [0.05, 0.1) is 23.9 Å². The van der Waals surface area contributed by atoms with Crippen molar-refractivity contribution in [2.75, 3.05) is 12.4 Å². The first-order chi connectivity index (χ1) is 17.4. The fourth-order valence-corrected chi connectivity index (χ4v) is 4.07. The van der Waals surface area contributed by atoms with Crippen molar-refractivity contribution in [1.82, 2.24) is 10.3 Å². The van der Waals surface area contributed by atoms with Crippen LogP contribution in [0.15, 0.2) is 71.3 Å². The highest BCUT2D eigenvalue weighted by Crippen LogP contribution is 2.31. The number of fused-ring (bicyclic) bond motifs is 1. The zero-order valence-electron chi connectivity index (χ0n) is 20.3. The number of aryl methyl sites for hydroxylation is 2. The van der Waals surface area contributed by atoms with Crippen LogP contribution in [0.5, 0.6) is 0 Å². The molecule has 2 N–H and O–H groups in total. The average molecular weight is 486 g/mol. The lowest BCUT2D eigenvalue weighted by molar-refractivity contribution is -0.142. The second-order valence-corrected chi connectivity index (χ2v) is 8.27. The van der Waals surface area contributed by atoms with Crippen LogP contribution in [0.1, 0.15) is 44.7 Å². The van der Waals surface area contributed by atoms with E-state index in [1.165, 1.54) is 13.3 Å². The Hall–Kier alpha value is -4.46. The number of methoxy groups -OCH3 is 1. The zero-order valence-corrected chi connectivity index (χ0v) is 20.3. The van der Waals surface area contributed by atoms with Crippen molar-refractivity contribution in [2.24, 2.45) is 0 Å². The first-order valence-corrected chi connectivity index (χ1v) is 11.6. The second kappa shape index (κ2) is 10.9. The summed E-state index contributed by atoms with van der Waals surface area (Å²) >= 11 is 0. The molecule has 0 spiro atoms. The van der Waals surface area contributed by atoms with Gasteiger partial charge in [-0.3, -0.25) is 14.6 Å². The first kappa shape index (κ1) is 24.7. The molecule has 2 heterocycles. The third-order valence-corrected chi connectivity index (χ3v) is 5.86. The Balaban J connectivity index is 1.74. The lowest BCUT2D eigenvalue weighted by atomic mass is 10.0. The molecule has 0 radical (unpaired) electrons. The van der Waals surface area contributed by atoms with Gasteiger partial charge in [-0.1, -0.05) is 55.5 Å². The van der Waals surface area contributed by atoms with Crippen LogP contribution < -0.4 is 10.6 Å². The molecule has 36 heavy (non-hydrogen) atoms. The fraction of sp³-hybridized carbons (Fsp3) is 0.214. The number of hydrogen-bond donors (Lipinski definition) is 2. The molecule has 0 aliphatic carbocycles. The van der Waals surface area contributed by atoms with Gasteiger partial charge in [0.25, 0.3) is 11.8 Å². The van der Waals surface area contributed by atoms with E-state index in [9.17, 15) is 14.4 Å². The van der Waals surface area contributed by atoms with Crippen molar-refractivity contribution in [1.29, 1.82) is 0 Å². The van der Waals surface area contributed by atoms with Gasteiger partial charge in [-0.05, 0) is 24.6 Å². The smallest absolute Gasteiger partial charge is 0.328 e. The summed E-state index contributed by atoms with van der Waals surface area (Å²) in [4.78, 5) is 43.7. The number of furan rings is 1. The Morgan fingerprint density at radius 2 is 1.67 bits per heavy atom. The monoisotopic (exact) mass is 485 g/mol. The molecule has 0 saturated carbocycles. The second-order valence-electron chi connectivity index (χ2n) is 8.27. The molecule has 0 saturated heterocycles. The van der Waals surface area contributed by atoms with E-state index in [4.69, 9.17) is 9.15 Å². The minimum atomic E-state index is -0.927. The molecular formula is C28H27N3O5. The van der Waals surface area contributed by atoms with E-state index >= 15 is 0 Å². The zero-order chi connectivity index (χ0) is 25.7. The van der Waals surface area contributed by atoms with Crippen LogP contribution in [0.4, 0.5) is 5.69 Å². The topological polar surface area (TPSA) is 111 Å². The Bertz CT molecular complexity index is 1400. The maximum atomic E-state index is 13.6. The fourth-order valence-electron chi connectivity index (χ4n) is 4.07. The van der Waals surface area contributed by atoms with Crippen LogP contribution in [0.3, 0.4) is 0 Å². The molecular weight excluding hydrogens is 458 g/mol. The number of carbonyl (C=O) groups excluding carboxylic acids is 3. The molecule has 4 aromatic rings. The molecule has 1 unspecified atom stereocenters. The third-order valence-electron chi connectivity index (χ3n) is 5.86. The Morgan fingerprint density at radius 1 is 1.00 bits per heavy atom. The Kier molecular flexibility index (Phi) is 7.44. The number of amides is 2. The molecule has 2 aromatic heterocycles. The maximum absolute atomic E-state index is 13.6. The number of nitrogens with zero attached hydrogens (tertiary/aromatic N) is 1. The van der Waals surface area contributed by atoms with Gasteiger partial charge in [0.15, 0.2) is 5.58 Å². The summed E-state index contributed by atoms with van der Waals surface area (Å²) in [6.07, 6.45) is 2.08. The first-order valence-electron chi connectivity index (χ1n) is 11.6. The Labute approximate surface area is 208 Å². The molecule has 8 heteroatoms. The summed E-state index contributed by atoms with van der Waals surface area (Å²) in [6, 6.07) is 17.4. The molecule has 0 fully saturated rings. The number of benzene rings is 2. The van der Waals surface area contributed by atoms with Crippen LogP contribution in [0.2, 0.25) is 0 Å². The molecule has 8 nitrogen and oxygen atoms in total. The van der Waals surface area contributed by atoms with Crippen LogP contribution >= 0.6 is 0 Å². The van der Waals surface area contributed by atoms with Gasteiger partial charge in [-0.2, -0.15) is 0 Å². The number of para-hydroxylation sites is 1. The van der Waals surface area contributed by atoms with Gasteiger partial charge >= 0.3 is 5.97 Å². The highest BCUT2D eigenvalue weighted by Gasteiger charge is 2.30. The number of nitrogens with one attached hydrogen (secondary N) is 2. The number of rotatable bonds is 8. The van der Waals surface area contributed by atoms with Crippen molar-refractivity contribution in [2.45, 2.75) is 32.7 Å². The van der Waals surface area contributed by atoms with E-state index in [1.807, 2.05) is 55.5 Å². The summed E-state index contributed by atoms with van der Waals surface area (Å²) in [6.45, 7) is 3.60. The van der Waals surface area contributed by atoms with Crippen molar-refractivity contribution < 1.29 is 23.5 Å². The summed E-state index contributed by atoms with van der Waals surface area (Å²) < 4.78 is 11.0. The van der Waals surface area contributed by atoms with E-state index in [1.54, 1.807) is 19.1 Å². The van der Waals surface area contributed by atoms with Crippen LogP contribution in [0.25, 0.3) is 11.0 Å². The van der Waals surface area contributed by atoms with Crippen molar-refractivity contribution in [3.63, 3.8) is 0 Å². The minimum absolute atomic E-state index is 0.200. The number of anilines is 1. The molecule has 1 atom stereocenters. The van der Waals surface area contributed by atoms with E-state index in [0.29, 0.717) is 34.5 Å². The molecule has 2 amide bonds. The van der Waals surface area contributed by atoms with Gasteiger partial charge in [0.1, 0.15) is 11.8 Å². The highest BCUT2D eigenvalue weighted by molar-refractivity contribution is 6.19. The molecule has 0 aliphatic rings. The van der Waals surface area contributed by atoms with Crippen LogP contribution in [-0.2, 0) is 22.4 Å². The predicted molar refractivity (Wildman–Crippen MR) is 136 cm³/mol. The largest absolute Gasteiger partial charge is 0.467 e. The van der Waals surface area contributed by atoms with Crippen molar-refractivity contribution in [3.05, 3.63) is 95.0 Å². The third kappa shape index (κ3) is 5.12. The van der Waals surface area contributed by atoms with Crippen LogP contribution in [-0.4, -0.2) is 35.9 Å². The number of pyridine rings is 1. The summed E-state index contributed by atoms with van der Waals surface area (Å²) in [7, 11) is 1.28. The van der Waals surface area contributed by atoms with E-state index in [-0.39, 0.29) is 17.5 Å². The lowest BCUT2D eigenvalue weighted by Crippen LogP contribution is -2.43. The normalized spacial score (nSPS) is 11.6. The van der Waals surface area contributed by atoms with Gasteiger partial charge in [-0.15, -0.1) is 0 Å². The standard InChI is InChI=1S/C28H27N3O5/c1-4-22-24(27(33)31-21(28(34)35-3)15-18-11-7-5-8-12-18)23-20(16-29-17(2)25(23)36-22)26(32)30-19-13-9-6-10-14-19/h5-14,16,21H,4,15H2,1-3H3,(H,30,32)(H,31,33). The van der Waals surface area contributed by atoms with Gasteiger partial charge < -0.3 is 19.8 Å². The van der Waals surface area contributed by atoms with Crippen molar-refractivity contribution >= 4 is 34.4 Å². The molecule has 4 rings (SSSR count). The number of hydrogen-bond acceptors (Lipinski definition) is 6. The lowest BCUT2D eigenvalue weighted by Gasteiger charge is -2.17. The number of esters is 1. The van der Waals surface area contributed by atoms with Crippen LogP contribution in [0, 0.1) is 6.92 Å². The minimum Gasteiger partial charge on any atom is -0.467 e. The van der Waals surface area contributed by atoms with Gasteiger partial charge in [0, 0.05) is 30.1 Å². The molecule has 0 bridgehead atoms. The van der Waals surface area contributed by atoms with E-state index in [2.05, 4.69) is 15.6 Å². The summed E-state index contributed by atoms with van der Waals surface area (Å²) in [5.41, 5.74) is 2.78. The van der Waals surface area contributed by atoms with E-state index in [0.717, 1.165) is 5.56 Å². The molecule has 0 aliphatic heterocycles. The van der Waals surface area contributed by atoms with Gasteiger partial charge in [0.2, 0.25) is 0 Å². The van der Waals surface area contributed by atoms with Gasteiger partial charge in [-0.25, -0.2) is 4.79 Å².